The van der Waals surface area contributed by atoms with E-state index in [1.165, 1.54) is 0 Å². The third kappa shape index (κ3) is 4.22. The normalized spacial score (nSPS) is 16.5. The Labute approximate surface area is 109 Å². The zero-order chi connectivity index (χ0) is 12.6. The molecule has 1 heterocycles. The number of unbranched alkanes of at least 4 members (excludes halogenated alkanes) is 1. The first kappa shape index (κ1) is 13.2. The van der Waals surface area contributed by atoms with Crippen LogP contribution in [0.5, 0.6) is 11.5 Å². The van der Waals surface area contributed by atoms with Gasteiger partial charge < -0.3 is 14.8 Å². The Morgan fingerprint density at radius 3 is 2.67 bits per heavy atom. The number of hydrogen-bond donors (Lipinski definition) is 1. The Hall–Kier alpha value is -1.22. The number of nitrogens with one attached hydrogen (secondary N) is 1. The number of piperidine rings is 1. The minimum atomic E-state index is 0.304. The van der Waals surface area contributed by atoms with Gasteiger partial charge in [0, 0.05) is 13.0 Å². The van der Waals surface area contributed by atoms with Crippen molar-refractivity contribution in [2.75, 3.05) is 13.2 Å². The summed E-state index contributed by atoms with van der Waals surface area (Å²) in [6.45, 7) is 6.04. The van der Waals surface area contributed by atoms with Crippen LogP contribution in [0.15, 0.2) is 24.3 Å². The standard InChI is InChI=1S/C15H22NO2/c1-2-3-12-17-13-4-6-14(7-5-13)18-15-8-10-16-11-9-15/h4-7,10,15-16H,2-3,8-9,11-12H2,1H3. The summed E-state index contributed by atoms with van der Waals surface area (Å²) < 4.78 is 11.5. The molecule has 3 heteroatoms. The van der Waals surface area contributed by atoms with Crippen molar-refractivity contribution < 1.29 is 9.47 Å². The molecule has 1 atom stereocenters. The summed E-state index contributed by atoms with van der Waals surface area (Å²) in [7, 11) is 0. The fraction of sp³-hybridized carbons (Fsp3) is 0.533. The van der Waals surface area contributed by atoms with Crippen molar-refractivity contribution in [3.63, 3.8) is 0 Å². The fourth-order valence-electron chi connectivity index (χ4n) is 1.93. The van der Waals surface area contributed by atoms with E-state index < -0.39 is 0 Å². The summed E-state index contributed by atoms with van der Waals surface area (Å²) in [6, 6.07) is 7.94. The smallest absolute Gasteiger partial charge is 0.119 e. The molecule has 1 radical (unpaired) electrons. The lowest BCUT2D eigenvalue weighted by molar-refractivity contribution is 0.174. The molecule has 0 aromatic heterocycles. The molecule has 18 heavy (non-hydrogen) atoms. The van der Waals surface area contributed by atoms with Gasteiger partial charge in [-0.3, -0.25) is 0 Å². The van der Waals surface area contributed by atoms with Gasteiger partial charge in [0.15, 0.2) is 0 Å². The van der Waals surface area contributed by atoms with Crippen molar-refractivity contribution in [1.29, 1.82) is 0 Å². The quantitative estimate of drug-likeness (QED) is 0.784. The Morgan fingerprint density at radius 1 is 1.22 bits per heavy atom. The van der Waals surface area contributed by atoms with E-state index in [1.54, 1.807) is 0 Å². The minimum absolute atomic E-state index is 0.304. The van der Waals surface area contributed by atoms with Gasteiger partial charge in [-0.1, -0.05) is 13.3 Å². The van der Waals surface area contributed by atoms with E-state index in [2.05, 4.69) is 18.8 Å². The maximum absolute atomic E-state index is 5.91. The van der Waals surface area contributed by atoms with E-state index in [0.717, 1.165) is 50.3 Å². The van der Waals surface area contributed by atoms with Crippen LogP contribution < -0.4 is 14.8 Å². The average molecular weight is 248 g/mol. The first-order valence-electron chi connectivity index (χ1n) is 6.83. The van der Waals surface area contributed by atoms with Gasteiger partial charge in [0.2, 0.25) is 0 Å². The van der Waals surface area contributed by atoms with Crippen molar-refractivity contribution in [3.8, 4) is 11.5 Å². The molecule has 0 bridgehead atoms. The maximum Gasteiger partial charge on any atom is 0.119 e. The highest BCUT2D eigenvalue weighted by molar-refractivity contribution is 5.31. The lowest BCUT2D eigenvalue weighted by Gasteiger charge is -2.23. The second-order valence-electron chi connectivity index (χ2n) is 4.60. The van der Waals surface area contributed by atoms with Crippen LogP contribution in [-0.4, -0.2) is 19.3 Å². The number of hydrogen-bond acceptors (Lipinski definition) is 3. The second kappa shape index (κ2) is 7.27. The van der Waals surface area contributed by atoms with E-state index in [-0.39, 0.29) is 0 Å². The molecule has 1 aliphatic heterocycles. The minimum Gasteiger partial charge on any atom is -0.494 e. The molecule has 1 aromatic carbocycles. The molecule has 0 aliphatic carbocycles. The van der Waals surface area contributed by atoms with Gasteiger partial charge in [0.05, 0.1) is 6.61 Å². The van der Waals surface area contributed by atoms with Crippen LogP contribution in [-0.2, 0) is 0 Å². The van der Waals surface area contributed by atoms with Gasteiger partial charge in [0.1, 0.15) is 17.6 Å². The zero-order valence-electron chi connectivity index (χ0n) is 11.0. The molecule has 1 aromatic rings. The molecule has 99 valence electrons. The molecule has 2 rings (SSSR count). The molecule has 3 nitrogen and oxygen atoms in total. The van der Waals surface area contributed by atoms with Crippen LogP contribution in [0.1, 0.15) is 32.6 Å². The van der Waals surface area contributed by atoms with Crippen LogP contribution in [0.3, 0.4) is 0 Å². The second-order valence-corrected chi connectivity index (χ2v) is 4.60. The van der Waals surface area contributed by atoms with Crippen LogP contribution in [0.4, 0.5) is 0 Å². The Morgan fingerprint density at radius 2 is 2.00 bits per heavy atom. The molecule has 1 fully saturated rings. The Bertz CT molecular complexity index is 331. The van der Waals surface area contributed by atoms with E-state index in [1.807, 2.05) is 24.3 Å². The molecule has 1 aliphatic rings. The molecule has 1 N–H and O–H groups in total. The van der Waals surface area contributed by atoms with Crippen LogP contribution in [0, 0.1) is 6.54 Å². The highest BCUT2D eigenvalue weighted by Crippen LogP contribution is 2.21. The molecule has 0 amide bonds. The number of benzene rings is 1. The predicted molar refractivity (Wildman–Crippen MR) is 72.8 cm³/mol. The van der Waals surface area contributed by atoms with E-state index >= 15 is 0 Å². The summed E-state index contributed by atoms with van der Waals surface area (Å²) >= 11 is 0. The summed E-state index contributed by atoms with van der Waals surface area (Å²) in [5.41, 5.74) is 0. The summed E-state index contributed by atoms with van der Waals surface area (Å²) in [5, 5.41) is 3.21. The lowest BCUT2D eigenvalue weighted by atomic mass is 10.1. The lowest BCUT2D eigenvalue weighted by Crippen LogP contribution is -2.30. The van der Waals surface area contributed by atoms with Gasteiger partial charge in [-0.25, -0.2) is 0 Å². The molecule has 0 spiro atoms. The molecule has 1 saturated heterocycles. The highest BCUT2D eigenvalue weighted by Gasteiger charge is 2.14. The third-order valence-electron chi connectivity index (χ3n) is 3.03. The van der Waals surface area contributed by atoms with Crippen molar-refractivity contribution >= 4 is 0 Å². The third-order valence-corrected chi connectivity index (χ3v) is 3.03. The molecular formula is C15H22NO2. The summed E-state index contributed by atoms with van der Waals surface area (Å²) in [4.78, 5) is 0. The van der Waals surface area contributed by atoms with Gasteiger partial charge in [-0.15, -0.1) is 0 Å². The van der Waals surface area contributed by atoms with E-state index in [9.17, 15) is 0 Å². The predicted octanol–water partition coefficient (Wildman–Crippen LogP) is 3.16. The van der Waals surface area contributed by atoms with Crippen molar-refractivity contribution in [2.45, 2.75) is 38.7 Å². The van der Waals surface area contributed by atoms with Crippen LogP contribution in [0.25, 0.3) is 0 Å². The first-order valence-corrected chi connectivity index (χ1v) is 6.83. The van der Waals surface area contributed by atoms with Crippen LogP contribution in [0.2, 0.25) is 0 Å². The average Bonchev–Trinajstić information content (AvgIpc) is 2.42. The van der Waals surface area contributed by atoms with Crippen molar-refractivity contribution in [3.05, 3.63) is 30.8 Å². The Kier molecular flexibility index (Phi) is 5.34. The monoisotopic (exact) mass is 248 g/mol. The highest BCUT2D eigenvalue weighted by atomic mass is 16.5. The Balaban J connectivity index is 1.79. The fourth-order valence-corrected chi connectivity index (χ4v) is 1.93. The van der Waals surface area contributed by atoms with Crippen LogP contribution >= 0.6 is 0 Å². The van der Waals surface area contributed by atoms with E-state index in [0.29, 0.717) is 6.10 Å². The number of ether oxygens (including phenoxy) is 2. The summed E-state index contributed by atoms with van der Waals surface area (Å²) in [5.74, 6) is 1.85. The largest absolute Gasteiger partial charge is 0.494 e. The summed E-state index contributed by atoms with van der Waals surface area (Å²) in [6.07, 6.45) is 4.59. The van der Waals surface area contributed by atoms with Crippen molar-refractivity contribution in [1.82, 2.24) is 5.32 Å². The van der Waals surface area contributed by atoms with E-state index in [4.69, 9.17) is 9.47 Å². The topological polar surface area (TPSA) is 30.5 Å². The zero-order valence-corrected chi connectivity index (χ0v) is 11.0. The van der Waals surface area contributed by atoms with Gasteiger partial charge in [0.25, 0.3) is 0 Å². The van der Waals surface area contributed by atoms with Gasteiger partial charge in [-0.05, 0) is 43.7 Å². The number of rotatable bonds is 6. The maximum atomic E-state index is 5.91. The van der Waals surface area contributed by atoms with Gasteiger partial charge in [-0.2, -0.15) is 0 Å². The molecular weight excluding hydrogens is 226 g/mol. The van der Waals surface area contributed by atoms with Crippen molar-refractivity contribution in [2.24, 2.45) is 0 Å². The molecule has 0 saturated carbocycles. The first-order chi connectivity index (χ1) is 8.88. The molecule has 1 unspecified atom stereocenters. The van der Waals surface area contributed by atoms with Gasteiger partial charge >= 0.3 is 0 Å². The SMILES string of the molecule is CCCCOc1ccc(OC2C[CH]NCC2)cc1.